The van der Waals surface area contributed by atoms with Crippen LogP contribution in [0.15, 0.2) is 6.20 Å². The zero-order chi connectivity index (χ0) is 14.5. The molecule has 2 rings (SSSR count). The van der Waals surface area contributed by atoms with Crippen molar-refractivity contribution in [1.82, 2.24) is 20.0 Å². The molecule has 1 aromatic rings. The van der Waals surface area contributed by atoms with Gasteiger partial charge in [-0.25, -0.2) is 0 Å². The standard InChI is InChI=1S/C14H26N4OS/c1-5-15-13(11-10-20-8-7-17(11)3)14-12(19-4)9-16-18(14)6-2/h9,11,13,15H,5-8,10H2,1-4H3. The Morgan fingerprint density at radius 1 is 1.55 bits per heavy atom. The third kappa shape index (κ3) is 3.13. The number of nitrogens with one attached hydrogen (secondary N) is 1. The van der Waals surface area contributed by atoms with E-state index in [0.29, 0.717) is 6.04 Å². The van der Waals surface area contributed by atoms with Gasteiger partial charge in [-0.05, 0) is 20.5 Å². The smallest absolute Gasteiger partial charge is 0.161 e. The van der Waals surface area contributed by atoms with E-state index in [1.165, 1.54) is 11.4 Å². The summed E-state index contributed by atoms with van der Waals surface area (Å²) in [5.41, 5.74) is 1.18. The Hall–Kier alpha value is -0.720. The predicted molar refractivity (Wildman–Crippen MR) is 84.6 cm³/mol. The van der Waals surface area contributed by atoms with Gasteiger partial charge in [-0.3, -0.25) is 9.58 Å². The minimum Gasteiger partial charge on any atom is -0.493 e. The first-order chi connectivity index (χ1) is 9.72. The van der Waals surface area contributed by atoms with Crippen LogP contribution in [-0.2, 0) is 6.54 Å². The molecule has 0 bridgehead atoms. The molecule has 0 saturated carbocycles. The topological polar surface area (TPSA) is 42.3 Å². The molecule has 2 atom stereocenters. The van der Waals surface area contributed by atoms with Crippen molar-refractivity contribution in [3.63, 3.8) is 0 Å². The molecule has 20 heavy (non-hydrogen) atoms. The van der Waals surface area contributed by atoms with Crippen LogP contribution in [0, 0.1) is 0 Å². The van der Waals surface area contributed by atoms with Gasteiger partial charge in [-0.2, -0.15) is 16.9 Å². The molecule has 0 spiro atoms. The second kappa shape index (κ2) is 7.33. The molecule has 1 N–H and O–H groups in total. The van der Waals surface area contributed by atoms with Crippen LogP contribution in [0.3, 0.4) is 0 Å². The van der Waals surface area contributed by atoms with Crippen molar-refractivity contribution in [2.45, 2.75) is 32.5 Å². The lowest BCUT2D eigenvalue weighted by atomic mass is 10.0. The number of likely N-dealkylation sites (N-methyl/N-ethyl adjacent to an activating group) is 2. The molecule has 114 valence electrons. The van der Waals surface area contributed by atoms with Crippen molar-refractivity contribution in [2.24, 2.45) is 0 Å². The molecule has 0 radical (unpaired) electrons. The van der Waals surface area contributed by atoms with Crippen LogP contribution in [0.5, 0.6) is 5.75 Å². The molecule has 1 aromatic heterocycles. The summed E-state index contributed by atoms with van der Waals surface area (Å²) in [7, 11) is 3.94. The quantitative estimate of drug-likeness (QED) is 0.864. The summed E-state index contributed by atoms with van der Waals surface area (Å²) in [5, 5.41) is 8.09. The Morgan fingerprint density at radius 2 is 2.35 bits per heavy atom. The van der Waals surface area contributed by atoms with Crippen LogP contribution in [0.4, 0.5) is 0 Å². The lowest BCUT2D eigenvalue weighted by molar-refractivity contribution is 0.208. The fourth-order valence-electron chi connectivity index (χ4n) is 2.79. The van der Waals surface area contributed by atoms with Gasteiger partial charge in [0.2, 0.25) is 0 Å². The number of thioether (sulfide) groups is 1. The second-order valence-electron chi connectivity index (χ2n) is 5.07. The van der Waals surface area contributed by atoms with Crippen molar-refractivity contribution in [3.05, 3.63) is 11.9 Å². The SMILES string of the molecule is CCNC(c1c(OC)cnn1CC)C1CSCCN1C. The Labute approximate surface area is 126 Å². The lowest BCUT2D eigenvalue weighted by Gasteiger charge is -2.38. The van der Waals surface area contributed by atoms with Gasteiger partial charge < -0.3 is 10.1 Å². The number of rotatable bonds is 6. The molecule has 2 heterocycles. The van der Waals surface area contributed by atoms with Crippen LogP contribution in [0.1, 0.15) is 25.6 Å². The molecular weight excluding hydrogens is 272 g/mol. The van der Waals surface area contributed by atoms with Gasteiger partial charge in [0.25, 0.3) is 0 Å². The highest BCUT2D eigenvalue weighted by molar-refractivity contribution is 7.99. The van der Waals surface area contributed by atoms with Gasteiger partial charge in [0, 0.05) is 30.6 Å². The van der Waals surface area contributed by atoms with E-state index in [2.05, 4.69) is 40.9 Å². The van der Waals surface area contributed by atoms with Gasteiger partial charge in [-0.15, -0.1) is 0 Å². The number of hydrogen-bond donors (Lipinski definition) is 1. The summed E-state index contributed by atoms with van der Waals surface area (Å²) in [4.78, 5) is 2.45. The number of hydrogen-bond acceptors (Lipinski definition) is 5. The summed E-state index contributed by atoms with van der Waals surface area (Å²) in [6.45, 7) is 7.22. The average molecular weight is 298 g/mol. The van der Waals surface area contributed by atoms with E-state index < -0.39 is 0 Å². The first-order valence-corrected chi connectivity index (χ1v) is 8.49. The number of methoxy groups -OCH3 is 1. The van der Waals surface area contributed by atoms with Crippen molar-refractivity contribution in [2.75, 3.05) is 38.8 Å². The van der Waals surface area contributed by atoms with Crippen LogP contribution >= 0.6 is 11.8 Å². The zero-order valence-electron chi connectivity index (χ0n) is 12.9. The minimum atomic E-state index is 0.259. The molecule has 1 saturated heterocycles. The third-order valence-electron chi connectivity index (χ3n) is 3.91. The van der Waals surface area contributed by atoms with Gasteiger partial charge >= 0.3 is 0 Å². The van der Waals surface area contributed by atoms with Gasteiger partial charge in [0.05, 0.1) is 25.0 Å². The second-order valence-corrected chi connectivity index (χ2v) is 6.22. The summed E-state index contributed by atoms with van der Waals surface area (Å²) in [5.74, 6) is 3.25. The summed E-state index contributed by atoms with van der Waals surface area (Å²) >= 11 is 2.03. The van der Waals surface area contributed by atoms with Crippen LogP contribution in [0.2, 0.25) is 0 Å². The van der Waals surface area contributed by atoms with E-state index in [1.54, 1.807) is 7.11 Å². The minimum absolute atomic E-state index is 0.259. The Balaban J connectivity index is 2.34. The Morgan fingerprint density at radius 3 is 2.95 bits per heavy atom. The maximum atomic E-state index is 5.53. The Kier molecular flexibility index (Phi) is 5.74. The van der Waals surface area contributed by atoms with Crippen molar-refractivity contribution in [3.8, 4) is 5.75 Å². The number of aromatic nitrogens is 2. The molecule has 1 aliphatic heterocycles. The van der Waals surface area contributed by atoms with Gasteiger partial charge in [0.1, 0.15) is 0 Å². The molecule has 6 heteroatoms. The van der Waals surface area contributed by atoms with E-state index in [4.69, 9.17) is 4.74 Å². The Bertz CT molecular complexity index is 402. The summed E-state index contributed by atoms with van der Waals surface area (Å²) in [6, 6.07) is 0.736. The first kappa shape index (κ1) is 15.7. The van der Waals surface area contributed by atoms with Crippen LogP contribution in [-0.4, -0.2) is 59.5 Å². The van der Waals surface area contributed by atoms with E-state index in [-0.39, 0.29) is 6.04 Å². The average Bonchev–Trinajstić information content (AvgIpc) is 2.88. The molecular formula is C14H26N4OS. The molecule has 5 nitrogen and oxygen atoms in total. The first-order valence-electron chi connectivity index (χ1n) is 7.33. The van der Waals surface area contributed by atoms with Crippen molar-refractivity contribution < 1.29 is 4.74 Å². The molecule has 0 aliphatic carbocycles. The van der Waals surface area contributed by atoms with Crippen molar-refractivity contribution in [1.29, 1.82) is 0 Å². The monoisotopic (exact) mass is 298 g/mol. The lowest BCUT2D eigenvalue weighted by Crippen LogP contribution is -2.48. The predicted octanol–water partition coefficient (Wildman–Crippen LogP) is 1.61. The summed E-state index contributed by atoms with van der Waals surface area (Å²) in [6.07, 6.45) is 1.83. The molecule has 0 amide bonds. The van der Waals surface area contributed by atoms with E-state index >= 15 is 0 Å². The van der Waals surface area contributed by atoms with Crippen LogP contribution < -0.4 is 10.1 Å². The molecule has 0 aromatic carbocycles. The molecule has 2 unspecified atom stereocenters. The normalized spacial score (nSPS) is 21.9. The highest BCUT2D eigenvalue weighted by Gasteiger charge is 2.33. The molecule has 1 fully saturated rings. The fourth-order valence-corrected chi connectivity index (χ4v) is 4.06. The maximum absolute atomic E-state index is 5.53. The fraction of sp³-hybridized carbons (Fsp3) is 0.786. The largest absolute Gasteiger partial charge is 0.493 e. The number of nitrogens with zero attached hydrogens (tertiary/aromatic N) is 3. The van der Waals surface area contributed by atoms with E-state index in [1.807, 2.05) is 18.0 Å². The van der Waals surface area contributed by atoms with E-state index in [0.717, 1.165) is 31.1 Å². The summed E-state index contributed by atoms with van der Waals surface area (Å²) < 4.78 is 7.59. The third-order valence-corrected chi connectivity index (χ3v) is 4.96. The van der Waals surface area contributed by atoms with Crippen LogP contribution in [0.25, 0.3) is 0 Å². The van der Waals surface area contributed by atoms with Gasteiger partial charge in [0.15, 0.2) is 5.75 Å². The van der Waals surface area contributed by atoms with Crippen molar-refractivity contribution >= 4 is 11.8 Å². The maximum Gasteiger partial charge on any atom is 0.161 e. The van der Waals surface area contributed by atoms with Gasteiger partial charge in [-0.1, -0.05) is 6.92 Å². The zero-order valence-corrected chi connectivity index (χ0v) is 13.7. The highest BCUT2D eigenvalue weighted by atomic mass is 32.2. The highest BCUT2D eigenvalue weighted by Crippen LogP contribution is 2.32. The molecule has 1 aliphatic rings. The van der Waals surface area contributed by atoms with E-state index in [9.17, 15) is 0 Å². The number of aryl methyl sites for hydroxylation is 1. The number of ether oxygens (including phenoxy) is 1.